The third-order valence-corrected chi connectivity index (χ3v) is 7.98. The molecule has 0 atom stereocenters. The lowest BCUT2D eigenvalue weighted by Gasteiger charge is -2.40. The van der Waals surface area contributed by atoms with Crippen molar-refractivity contribution in [3.8, 4) is 0 Å². The van der Waals surface area contributed by atoms with E-state index in [1.54, 1.807) is 0 Å². The number of rotatable bonds is 23. The Morgan fingerprint density at radius 2 is 1.03 bits per heavy atom. The maximum absolute atomic E-state index is 12.3. The van der Waals surface area contributed by atoms with E-state index in [4.69, 9.17) is 0 Å². The topological polar surface area (TPSA) is 48.2 Å². The van der Waals surface area contributed by atoms with Crippen LogP contribution < -0.4 is 0 Å². The third-order valence-electron chi connectivity index (χ3n) is 6.66. The van der Waals surface area contributed by atoms with Crippen LogP contribution >= 0.6 is 24.0 Å². The second kappa shape index (κ2) is 20.8. The summed E-state index contributed by atoms with van der Waals surface area (Å²) in [6.45, 7) is 11.1. The summed E-state index contributed by atoms with van der Waals surface area (Å²) in [6.07, 6.45) is 20.8. The Morgan fingerprint density at radius 3 is 1.39 bits per heavy atom. The zero-order valence-electron chi connectivity index (χ0n) is 23.2. The van der Waals surface area contributed by atoms with Gasteiger partial charge >= 0.3 is 0 Å². The number of nitrogens with zero attached hydrogens (tertiary/aromatic N) is 2. The van der Waals surface area contributed by atoms with Crippen LogP contribution in [0.2, 0.25) is 0 Å². The number of hydrogen-bond acceptors (Lipinski definition) is 2. The lowest BCUT2D eigenvalue weighted by molar-refractivity contribution is -0.894. The van der Waals surface area contributed by atoms with Crippen LogP contribution in [0.25, 0.3) is 4.72 Å². The number of halogens is 1. The lowest BCUT2D eigenvalue weighted by atomic mass is 9.92. The number of unbranched alkanes of at least 4 members (excludes halogenated alkanes) is 15. The molecule has 202 valence electrons. The van der Waals surface area contributed by atoms with E-state index in [1.807, 2.05) is 0 Å². The molecule has 0 saturated heterocycles. The Hall–Kier alpha value is 0.600. The van der Waals surface area contributed by atoms with Crippen molar-refractivity contribution >= 4 is 34.0 Å². The van der Waals surface area contributed by atoms with Crippen LogP contribution in [0.5, 0.6) is 0 Å². The van der Waals surface area contributed by atoms with Crippen molar-refractivity contribution in [3.05, 3.63) is 4.72 Å². The first-order valence-corrected chi connectivity index (χ1v) is 15.4. The molecule has 0 aromatic carbocycles. The van der Waals surface area contributed by atoms with E-state index in [1.165, 1.54) is 83.5 Å². The van der Waals surface area contributed by atoms with E-state index in [0.29, 0.717) is 6.54 Å². The summed E-state index contributed by atoms with van der Waals surface area (Å²) in [6, 6.07) is 0. The zero-order valence-corrected chi connectivity index (χ0v) is 26.3. The minimum absolute atomic E-state index is 0. The predicted octanol–water partition coefficient (Wildman–Crippen LogP) is 8.69. The third kappa shape index (κ3) is 24.1. The maximum atomic E-state index is 12.3. The highest BCUT2D eigenvalue weighted by Crippen LogP contribution is 2.24. The highest BCUT2D eigenvalue weighted by atomic mass is 127. The number of quaternary nitrogens is 1. The Bertz CT molecular complexity index is 536. The van der Waals surface area contributed by atoms with Gasteiger partial charge in [0, 0.05) is 5.75 Å². The molecular weight excluding hydrogens is 543 g/mol. The van der Waals surface area contributed by atoms with Gasteiger partial charge in [-0.05, 0) is 18.8 Å². The van der Waals surface area contributed by atoms with Crippen LogP contribution in [0.4, 0.5) is 0 Å². The van der Waals surface area contributed by atoms with Crippen molar-refractivity contribution in [1.82, 2.24) is 0 Å². The summed E-state index contributed by atoms with van der Waals surface area (Å²) in [5.74, 6) is 0.216. The summed E-state index contributed by atoms with van der Waals surface area (Å²) in [5, 5.41) is 0. The van der Waals surface area contributed by atoms with Gasteiger partial charge in [-0.3, -0.25) is 0 Å². The van der Waals surface area contributed by atoms with Crippen LogP contribution in [0.3, 0.4) is 0 Å². The summed E-state index contributed by atoms with van der Waals surface area (Å²) < 4.78 is 29.6. The molecule has 33 heavy (non-hydrogen) atoms. The van der Waals surface area contributed by atoms with E-state index in [2.05, 4.69) is 46.5 Å². The minimum atomic E-state index is -3.28. The largest absolute Gasteiger partial charge is 0.548 e. The summed E-state index contributed by atoms with van der Waals surface area (Å²) >= 11 is 0. The molecule has 6 heteroatoms. The molecule has 0 aromatic heterocycles. The molecule has 0 radical (unpaired) electrons. The molecule has 0 saturated carbocycles. The first kappa shape index (κ1) is 35.8. The lowest BCUT2D eigenvalue weighted by Crippen LogP contribution is -2.47. The van der Waals surface area contributed by atoms with Crippen LogP contribution in [-0.4, -0.2) is 52.4 Å². The molecule has 0 spiro atoms. The molecule has 0 amide bonds. The average Bonchev–Trinajstić information content (AvgIpc) is 2.71. The Labute approximate surface area is 226 Å². The minimum Gasteiger partial charge on any atom is -0.548 e. The molecule has 0 aliphatic rings. The van der Waals surface area contributed by atoms with Crippen LogP contribution in [0, 0.1) is 5.41 Å². The van der Waals surface area contributed by atoms with E-state index < -0.39 is 10.0 Å². The molecule has 0 heterocycles. The van der Waals surface area contributed by atoms with Crippen molar-refractivity contribution in [2.45, 2.75) is 130 Å². The molecule has 0 aliphatic heterocycles. The number of sulfonamides is 1. The van der Waals surface area contributed by atoms with Crippen LogP contribution in [0.15, 0.2) is 0 Å². The quantitative estimate of drug-likeness (QED) is 0.0667. The van der Waals surface area contributed by atoms with Gasteiger partial charge in [-0.25, -0.2) is 8.42 Å². The molecule has 0 N–H and O–H groups in total. The fraction of sp³-hybridized carbons (Fsp3) is 1.00. The van der Waals surface area contributed by atoms with E-state index >= 15 is 0 Å². The van der Waals surface area contributed by atoms with Gasteiger partial charge in [0.15, 0.2) is 0 Å². The van der Waals surface area contributed by atoms with Crippen molar-refractivity contribution in [1.29, 1.82) is 0 Å². The monoisotopic (exact) mass is 602 g/mol. The van der Waals surface area contributed by atoms with Gasteiger partial charge in [-0.1, -0.05) is 117 Å². The standard InChI is InChI=1S/C27H58N2O2S.HI/c1-7-9-10-11-12-13-14-15-16-17-18-19-20-21-22-23-24-32(30,31)28-25-27(3,4)26-29(5,6)8-2;/h7-26H2,1-6H3;1H. The molecule has 0 unspecified atom stereocenters. The van der Waals surface area contributed by atoms with Crippen molar-refractivity contribution in [2.24, 2.45) is 5.41 Å². The first-order chi connectivity index (χ1) is 15.0. The highest BCUT2D eigenvalue weighted by Gasteiger charge is 2.25. The van der Waals surface area contributed by atoms with Crippen molar-refractivity contribution in [2.75, 3.05) is 39.5 Å². The van der Waals surface area contributed by atoms with Gasteiger partial charge in [0.05, 0.1) is 37.2 Å². The number of hydrogen-bond donors (Lipinski definition) is 0. The predicted molar refractivity (Wildman–Crippen MR) is 158 cm³/mol. The molecule has 0 rings (SSSR count). The smallest absolute Gasteiger partial charge is 0.0817 e. The average molecular weight is 603 g/mol. The van der Waals surface area contributed by atoms with Crippen LogP contribution in [0.1, 0.15) is 130 Å². The second-order valence-electron chi connectivity index (χ2n) is 11.5. The summed E-state index contributed by atoms with van der Waals surface area (Å²) in [7, 11) is 1.10. The zero-order chi connectivity index (χ0) is 24.3. The summed E-state index contributed by atoms with van der Waals surface area (Å²) in [4.78, 5) is 0. The fourth-order valence-corrected chi connectivity index (χ4v) is 5.73. The van der Waals surface area contributed by atoms with Crippen molar-refractivity contribution < 1.29 is 12.9 Å². The Morgan fingerprint density at radius 1 is 0.667 bits per heavy atom. The van der Waals surface area contributed by atoms with E-state index in [-0.39, 0.29) is 35.1 Å². The Kier molecular flexibility index (Phi) is 22.5. The molecule has 0 aliphatic carbocycles. The maximum Gasteiger partial charge on any atom is 0.0817 e. The van der Waals surface area contributed by atoms with Crippen molar-refractivity contribution in [3.63, 3.8) is 0 Å². The summed E-state index contributed by atoms with van der Waals surface area (Å²) in [5.41, 5.74) is -0.0960. The second-order valence-corrected chi connectivity index (χ2v) is 13.3. The molecule has 0 aromatic rings. The van der Waals surface area contributed by atoms with Gasteiger partial charge in [0.25, 0.3) is 0 Å². The SMILES string of the molecule is CCCCCCCCCCCCCCCCCCS(=O)(=O)[N-]CC(C)(C)C[N+](C)(C)CC.I. The molecule has 0 bridgehead atoms. The van der Waals surface area contributed by atoms with Gasteiger partial charge in [0.2, 0.25) is 0 Å². The fourth-order valence-electron chi connectivity index (χ4n) is 4.49. The molecular formula is C27H59IN2O2S. The normalized spacial score (nSPS) is 12.7. The first-order valence-electron chi connectivity index (χ1n) is 13.8. The van der Waals surface area contributed by atoms with Gasteiger partial charge < -0.3 is 9.21 Å². The van der Waals surface area contributed by atoms with Gasteiger partial charge in [-0.2, -0.15) is 0 Å². The Balaban J connectivity index is 0. The van der Waals surface area contributed by atoms with E-state index in [9.17, 15) is 8.42 Å². The highest BCUT2D eigenvalue weighted by molar-refractivity contribution is 14.0. The van der Waals surface area contributed by atoms with Gasteiger partial charge in [-0.15, -0.1) is 30.5 Å². The molecule has 4 nitrogen and oxygen atoms in total. The van der Waals surface area contributed by atoms with E-state index in [0.717, 1.165) is 36.8 Å². The van der Waals surface area contributed by atoms with Gasteiger partial charge in [0.1, 0.15) is 0 Å². The molecule has 0 fully saturated rings. The van der Waals surface area contributed by atoms with Crippen LogP contribution in [-0.2, 0) is 10.0 Å².